The van der Waals surface area contributed by atoms with Gasteiger partial charge in [0.05, 0.1) is 0 Å². The molecule has 0 bridgehead atoms. The van der Waals surface area contributed by atoms with E-state index in [0.717, 1.165) is 60.5 Å². The van der Waals surface area contributed by atoms with E-state index in [9.17, 15) is 0 Å². The molecule has 4 heteroatoms. The Morgan fingerprint density at radius 3 is 1.61 bits per heavy atom. The van der Waals surface area contributed by atoms with Gasteiger partial charge in [0.25, 0.3) is 0 Å². The van der Waals surface area contributed by atoms with Gasteiger partial charge in [0.2, 0.25) is 0 Å². The number of rotatable bonds is 4. The molecular weight excluding hydrogens is 502 g/mol. The van der Waals surface area contributed by atoms with Crippen molar-refractivity contribution in [1.82, 2.24) is 15.0 Å². The first-order chi connectivity index (χ1) is 20.3. The van der Waals surface area contributed by atoms with Gasteiger partial charge in [-0.1, -0.05) is 121 Å². The Hall–Kier alpha value is -5.61. The SMILES string of the molecule is c1ccc(-c2nc(-c3ccccc3)nc(-c3ccc4cc(-c5cccc6c5oc5ccccc56)ccc4c3)n2)cc1. The minimum atomic E-state index is 0.649. The summed E-state index contributed by atoms with van der Waals surface area (Å²) in [4.78, 5) is 14.6. The molecule has 6 aromatic carbocycles. The average Bonchev–Trinajstić information content (AvgIpc) is 3.44. The summed E-state index contributed by atoms with van der Waals surface area (Å²) in [5.74, 6) is 1.96. The molecule has 0 N–H and O–H groups in total. The predicted molar refractivity (Wildman–Crippen MR) is 166 cm³/mol. The van der Waals surface area contributed by atoms with E-state index >= 15 is 0 Å². The third kappa shape index (κ3) is 4.14. The van der Waals surface area contributed by atoms with Crippen molar-refractivity contribution >= 4 is 32.7 Å². The molecule has 0 spiro atoms. The summed E-state index contributed by atoms with van der Waals surface area (Å²) in [6.07, 6.45) is 0. The smallest absolute Gasteiger partial charge is 0.164 e. The molecule has 0 saturated heterocycles. The molecular formula is C37H23N3O. The molecule has 0 aliphatic carbocycles. The zero-order chi connectivity index (χ0) is 27.2. The van der Waals surface area contributed by atoms with Crippen LogP contribution in [0.15, 0.2) is 144 Å². The highest BCUT2D eigenvalue weighted by Crippen LogP contribution is 2.37. The van der Waals surface area contributed by atoms with Gasteiger partial charge in [0.1, 0.15) is 11.2 Å². The third-order valence-corrected chi connectivity index (χ3v) is 7.51. The van der Waals surface area contributed by atoms with Gasteiger partial charge in [-0.05, 0) is 34.5 Å². The Morgan fingerprint density at radius 1 is 0.390 bits per heavy atom. The molecule has 0 atom stereocenters. The number of benzene rings is 6. The first-order valence-electron chi connectivity index (χ1n) is 13.6. The largest absolute Gasteiger partial charge is 0.455 e. The van der Waals surface area contributed by atoms with Crippen LogP contribution in [0.2, 0.25) is 0 Å². The minimum absolute atomic E-state index is 0.649. The third-order valence-electron chi connectivity index (χ3n) is 7.51. The number of hydrogen-bond acceptors (Lipinski definition) is 4. The Balaban J connectivity index is 1.24. The molecule has 0 saturated carbocycles. The number of furan rings is 1. The van der Waals surface area contributed by atoms with Gasteiger partial charge in [0, 0.05) is 33.0 Å². The first-order valence-corrected chi connectivity index (χ1v) is 13.6. The van der Waals surface area contributed by atoms with E-state index in [0.29, 0.717) is 17.5 Å². The van der Waals surface area contributed by atoms with Crippen LogP contribution in [-0.4, -0.2) is 15.0 Å². The van der Waals surface area contributed by atoms with Crippen LogP contribution in [0.5, 0.6) is 0 Å². The molecule has 0 fully saturated rings. The predicted octanol–water partition coefficient (Wildman–Crippen LogP) is 9.59. The Morgan fingerprint density at radius 2 is 0.927 bits per heavy atom. The lowest BCUT2D eigenvalue weighted by Gasteiger charge is -2.10. The zero-order valence-corrected chi connectivity index (χ0v) is 22.0. The summed E-state index contributed by atoms with van der Waals surface area (Å²) >= 11 is 0. The Labute approximate surface area is 236 Å². The van der Waals surface area contributed by atoms with Gasteiger partial charge in [-0.15, -0.1) is 0 Å². The maximum absolute atomic E-state index is 6.30. The van der Waals surface area contributed by atoms with E-state index in [4.69, 9.17) is 19.4 Å². The average molecular weight is 526 g/mol. The fourth-order valence-electron chi connectivity index (χ4n) is 5.46. The monoisotopic (exact) mass is 525 g/mol. The van der Waals surface area contributed by atoms with Crippen molar-refractivity contribution in [3.63, 3.8) is 0 Å². The standard InChI is InChI=1S/C37H23N3O/c1-3-10-24(11-4-1)35-38-36(25-12-5-2-6-13-25)40-37(39-35)29-21-19-26-22-28(20-18-27(26)23-29)30-15-9-16-32-31-14-7-8-17-33(31)41-34(30)32/h1-23H. The summed E-state index contributed by atoms with van der Waals surface area (Å²) in [7, 11) is 0. The van der Waals surface area contributed by atoms with E-state index in [1.165, 1.54) is 0 Å². The number of para-hydroxylation sites is 2. The van der Waals surface area contributed by atoms with E-state index in [1.807, 2.05) is 72.8 Å². The minimum Gasteiger partial charge on any atom is -0.455 e. The lowest BCUT2D eigenvalue weighted by molar-refractivity contribution is 0.670. The molecule has 2 heterocycles. The number of nitrogens with zero attached hydrogens (tertiary/aromatic N) is 3. The van der Waals surface area contributed by atoms with Crippen LogP contribution in [-0.2, 0) is 0 Å². The summed E-state index contributed by atoms with van der Waals surface area (Å²) in [5, 5.41) is 4.52. The quantitative estimate of drug-likeness (QED) is 0.230. The van der Waals surface area contributed by atoms with Crippen LogP contribution in [0, 0.1) is 0 Å². The van der Waals surface area contributed by atoms with Crippen LogP contribution in [0.3, 0.4) is 0 Å². The topological polar surface area (TPSA) is 51.8 Å². The van der Waals surface area contributed by atoms with Gasteiger partial charge in [-0.25, -0.2) is 15.0 Å². The lowest BCUT2D eigenvalue weighted by atomic mass is 9.98. The summed E-state index contributed by atoms with van der Waals surface area (Å²) in [5.41, 5.74) is 6.88. The van der Waals surface area contributed by atoms with Crippen LogP contribution >= 0.6 is 0 Å². The molecule has 4 nitrogen and oxygen atoms in total. The second-order valence-corrected chi connectivity index (χ2v) is 10.1. The van der Waals surface area contributed by atoms with Gasteiger partial charge in [0.15, 0.2) is 17.5 Å². The summed E-state index contributed by atoms with van der Waals surface area (Å²) in [6.45, 7) is 0. The van der Waals surface area contributed by atoms with E-state index < -0.39 is 0 Å². The molecule has 0 aliphatic heterocycles. The molecule has 0 amide bonds. The van der Waals surface area contributed by atoms with Crippen molar-refractivity contribution in [3.05, 3.63) is 140 Å². The molecule has 41 heavy (non-hydrogen) atoms. The normalized spacial score (nSPS) is 11.4. The van der Waals surface area contributed by atoms with Crippen molar-refractivity contribution < 1.29 is 4.42 Å². The molecule has 8 rings (SSSR count). The molecule has 0 radical (unpaired) electrons. The van der Waals surface area contributed by atoms with Gasteiger partial charge < -0.3 is 4.42 Å². The fraction of sp³-hybridized carbons (Fsp3) is 0. The number of aromatic nitrogens is 3. The van der Waals surface area contributed by atoms with Crippen molar-refractivity contribution in [1.29, 1.82) is 0 Å². The fourth-order valence-corrected chi connectivity index (χ4v) is 5.46. The molecule has 0 unspecified atom stereocenters. The van der Waals surface area contributed by atoms with Crippen molar-refractivity contribution in [3.8, 4) is 45.3 Å². The first kappa shape index (κ1) is 23.3. The van der Waals surface area contributed by atoms with Gasteiger partial charge >= 0.3 is 0 Å². The lowest BCUT2D eigenvalue weighted by Crippen LogP contribution is -2.00. The molecule has 8 aromatic rings. The highest BCUT2D eigenvalue weighted by atomic mass is 16.3. The molecule has 2 aromatic heterocycles. The van der Waals surface area contributed by atoms with Crippen LogP contribution < -0.4 is 0 Å². The van der Waals surface area contributed by atoms with Crippen molar-refractivity contribution in [2.75, 3.05) is 0 Å². The van der Waals surface area contributed by atoms with E-state index in [2.05, 4.69) is 66.7 Å². The Bertz CT molecular complexity index is 2140. The van der Waals surface area contributed by atoms with Crippen LogP contribution in [0.4, 0.5) is 0 Å². The van der Waals surface area contributed by atoms with E-state index in [-0.39, 0.29) is 0 Å². The van der Waals surface area contributed by atoms with Crippen molar-refractivity contribution in [2.24, 2.45) is 0 Å². The maximum atomic E-state index is 6.30. The molecule has 192 valence electrons. The highest BCUT2D eigenvalue weighted by Gasteiger charge is 2.14. The Kier molecular flexibility index (Phi) is 5.42. The summed E-state index contributed by atoms with van der Waals surface area (Å²) in [6, 6.07) is 47.6. The zero-order valence-electron chi connectivity index (χ0n) is 22.0. The van der Waals surface area contributed by atoms with Gasteiger partial charge in [-0.2, -0.15) is 0 Å². The van der Waals surface area contributed by atoms with Crippen LogP contribution in [0.1, 0.15) is 0 Å². The molecule has 0 aliphatic rings. The summed E-state index contributed by atoms with van der Waals surface area (Å²) < 4.78 is 6.30. The van der Waals surface area contributed by atoms with Gasteiger partial charge in [-0.3, -0.25) is 0 Å². The number of hydrogen-bond donors (Lipinski definition) is 0. The maximum Gasteiger partial charge on any atom is 0.164 e. The second-order valence-electron chi connectivity index (χ2n) is 10.1. The highest BCUT2D eigenvalue weighted by molar-refractivity contribution is 6.10. The number of fused-ring (bicyclic) bond motifs is 4. The van der Waals surface area contributed by atoms with E-state index in [1.54, 1.807) is 0 Å². The van der Waals surface area contributed by atoms with Crippen molar-refractivity contribution in [2.45, 2.75) is 0 Å². The second kappa shape index (κ2) is 9.54. The van der Waals surface area contributed by atoms with Crippen LogP contribution in [0.25, 0.3) is 78.0 Å².